The van der Waals surface area contributed by atoms with Crippen molar-refractivity contribution in [2.75, 3.05) is 13.1 Å². The molecule has 1 fully saturated rings. The number of rotatable bonds is 2. The molecule has 2 unspecified atom stereocenters. The van der Waals surface area contributed by atoms with Gasteiger partial charge in [-0.05, 0) is 48.4 Å². The Morgan fingerprint density at radius 3 is 1.87 bits per heavy atom. The fourth-order valence-corrected chi connectivity index (χ4v) is 3.43. The van der Waals surface area contributed by atoms with Gasteiger partial charge in [-0.3, -0.25) is 0 Å². The molecule has 2 N–H and O–H groups in total. The van der Waals surface area contributed by atoms with Crippen molar-refractivity contribution in [1.82, 2.24) is 10.6 Å². The van der Waals surface area contributed by atoms with E-state index in [1.165, 1.54) is 0 Å². The quantitative estimate of drug-likeness (QED) is 0.691. The topological polar surface area (TPSA) is 24.1 Å². The van der Waals surface area contributed by atoms with E-state index in [9.17, 15) is 0 Å². The molecule has 1 aliphatic heterocycles. The largest absolute Gasteiger partial charge is 0.315 e. The Morgan fingerprint density at radius 1 is 0.739 bits per heavy atom. The Bertz CT molecular complexity index is 645. The molecule has 0 amide bonds. The summed E-state index contributed by atoms with van der Waals surface area (Å²) in [7, 11) is 0. The van der Waals surface area contributed by atoms with E-state index in [2.05, 4.69) is 10.6 Å². The van der Waals surface area contributed by atoms with E-state index in [0.717, 1.165) is 30.6 Å². The third kappa shape index (κ3) is 4.14. The maximum atomic E-state index is 6.16. The van der Waals surface area contributed by atoms with Crippen LogP contribution in [0.1, 0.15) is 29.6 Å². The summed E-state index contributed by atoms with van der Waals surface area (Å²) in [5.41, 5.74) is 2.24. The van der Waals surface area contributed by atoms with Gasteiger partial charge >= 0.3 is 0 Å². The highest BCUT2D eigenvalue weighted by atomic mass is 35.5. The Hall–Kier alpha value is -0.480. The number of halogens is 4. The molecule has 0 bridgehead atoms. The highest BCUT2D eigenvalue weighted by Crippen LogP contribution is 2.31. The van der Waals surface area contributed by atoms with E-state index in [-0.39, 0.29) is 12.1 Å². The molecule has 0 spiro atoms. The molecule has 6 heteroatoms. The summed E-state index contributed by atoms with van der Waals surface area (Å²) in [6.07, 6.45) is 0.968. The van der Waals surface area contributed by atoms with Gasteiger partial charge in [0.15, 0.2) is 0 Å². The van der Waals surface area contributed by atoms with Crippen LogP contribution in [0.15, 0.2) is 36.4 Å². The van der Waals surface area contributed by atoms with E-state index in [4.69, 9.17) is 46.4 Å². The van der Waals surface area contributed by atoms with Gasteiger partial charge in [-0.2, -0.15) is 0 Å². The first kappa shape index (κ1) is 17.3. The van der Waals surface area contributed by atoms with E-state index in [1.54, 1.807) is 0 Å². The summed E-state index contributed by atoms with van der Waals surface area (Å²) in [5, 5.41) is 9.42. The van der Waals surface area contributed by atoms with E-state index < -0.39 is 0 Å². The van der Waals surface area contributed by atoms with Crippen molar-refractivity contribution < 1.29 is 0 Å². The van der Waals surface area contributed by atoms with Gasteiger partial charge < -0.3 is 10.6 Å². The molecular weight excluding hydrogens is 374 g/mol. The van der Waals surface area contributed by atoms with E-state index in [0.29, 0.717) is 20.1 Å². The molecule has 1 aliphatic rings. The minimum atomic E-state index is 0.145. The lowest BCUT2D eigenvalue weighted by molar-refractivity contribution is 0.467. The lowest BCUT2D eigenvalue weighted by Crippen LogP contribution is -2.29. The van der Waals surface area contributed by atoms with Crippen LogP contribution < -0.4 is 10.6 Å². The molecule has 1 saturated heterocycles. The van der Waals surface area contributed by atoms with Gasteiger partial charge in [-0.15, -0.1) is 0 Å². The van der Waals surface area contributed by atoms with Gasteiger partial charge in [0.2, 0.25) is 0 Å². The van der Waals surface area contributed by atoms with Crippen molar-refractivity contribution in [3.05, 3.63) is 67.6 Å². The van der Waals surface area contributed by atoms with Crippen molar-refractivity contribution in [2.24, 2.45) is 0 Å². The van der Waals surface area contributed by atoms with Gasteiger partial charge in [0.05, 0.1) is 20.1 Å². The smallest absolute Gasteiger partial charge is 0.0595 e. The van der Waals surface area contributed by atoms with Gasteiger partial charge in [0, 0.05) is 18.6 Å². The van der Waals surface area contributed by atoms with Crippen LogP contribution in [-0.4, -0.2) is 13.1 Å². The molecule has 2 nitrogen and oxygen atoms in total. The predicted octanol–water partition coefficient (Wildman–Crippen LogP) is 5.67. The SMILES string of the molecule is Clc1ccc(C2CCNCC(c3ccc(Cl)c(Cl)c3)N2)cc1Cl. The van der Waals surface area contributed by atoms with Crippen LogP contribution in [-0.2, 0) is 0 Å². The second kappa shape index (κ2) is 7.60. The maximum Gasteiger partial charge on any atom is 0.0595 e. The van der Waals surface area contributed by atoms with E-state index >= 15 is 0 Å². The highest BCUT2D eigenvalue weighted by Gasteiger charge is 2.22. The third-order valence-electron chi connectivity index (χ3n) is 4.05. The van der Waals surface area contributed by atoms with Crippen LogP contribution in [0.4, 0.5) is 0 Å². The molecule has 0 aromatic heterocycles. The molecule has 0 radical (unpaired) electrons. The first-order valence-corrected chi connectivity index (χ1v) is 8.92. The Labute approximate surface area is 156 Å². The summed E-state index contributed by atoms with van der Waals surface area (Å²) in [6, 6.07) is 11.9. The van der Waals surface area contributed by atoms with Crippen molar-refractivity contribution in [3.63, 3.8) is 0 Å². The monoisotopic (exact) mass is 388 g/mol. The summed E-state index contributed by atoms with van der Waals surface area (Å²) in [5.74, 6) is 0. The van der Waals surface area contributed by atoms with Gasteiger partial charge in [-0.1, -0.05) is 58.5 Å². The van der Waals surface area contributed by atoms with Gasteiger partial charge in [0.25, 0.3) is 0 Å². The van der Waals surface area contributed by atoms with Crippen molar-refractivity contribution in [3.8, 4) is 0 Å². The van der Waals surface area contributed by atoms with Gasteiger partial charge in [-0.25, -0.2) is 0 Å². The lowest BCUT2D eigenvalue weighted by atomic mass is 10.0. The number of hydrogen-bond acceptors (Lipinski definition) is 2. The molecule has 2 atom stereocenters. The zero-order valence-corrected chi connectivity index (χ0v) is 15.3. The minimum Gasteiger partial charge on any atom is -0.315 e. The first-order valence-electron chi connectivity index (χ1n) is 7.41. The van der Waals surface area contributed by atoms with Crippen molar-refractivity contribution in [1.29, 1.82) is 0 Å². The molecule has 23 heavy (non-hydrogen) atoms. The molecule has 1 heterocycles. The zero-order chi connectivity index (χ0) is 16.4. The average Bonchev–Trinajstić information content (AvgIpc) is 2.79. The van der Waals surface area contributed by atoms with E-state index in [1.807, 2.05) is 36.4 Å². The molecule has 122 valence electrons. The van der Waals surface area contributed by atoms with Crippen LogP contribution in [0, 0.1) is 0 Å². The maximum absolute atomic E-state index is 6.16. The minimum absolute atomic E-state index is 0.145. The zero-order valence-electron chi connectivity index (χ0n) is 12.3. The fraction of sp³-hybridized carbons (Fsp3) is 0.294. The molecule has 2 aromatic rings. The number of hydrogen-bond donors (Lipinski definition) is 2. The molecule has 2 aromatic carbocycles. The number of benzene rings is 2. The summed E-state index contributed by atoms with van der Waals surface area (Å²) in [4.78, 5) is 0. The highest BCUT2D eigenvalue weighted by molar-refractivity contribution is 6.42. The van der Waals surface area contributed by atoms with Crippen molar-refractivity contribution in [2.45, 2.75) is 18.5 Å². The molecular formula is C17H16Cl4N2. The van der Waals surface area contributed by atoms with Gasteiger partial charge in [0.1, 0.15) is 0 Å². The second-order valence-electron chi connectivity index (χ2n) is 5.61. The van der Waals surface area contributed by atoms with Crippen LogP contribution in [0.3, 0.4) is 0 Å². The van der Waals surface area contributed by atoms with Crippen LogP contribution in [0.5, 0.6) is 0 Å². The standard InChI is InChI=1S/C17H16Cl4N2/c18-12-3-1-10(7-14(12)20)16-5-6-22-9-17(23-16)11-2-4-13(19)15(21)8-11/h1-4,7-8,16-17,22-23H,5-6,9H2. The first-order chi connectivity index (χ1) is 11.0. The third-order valence-corrected chi connectivity index (χ3v) is 5.53. The second-order valence-corrected chi connectivity index (χ2v) is 7.24. The predicted molar refractivity (Wildman–Crippen MR) is 99.0 cm³/mol. The van der Waals surface area contributed by atoms with Crippen LogP contribution in [0.2, 0.25) is 20.1 Å². The lowest BCUT2D eigenvalue weighted by Gasteiger charge is -2.23. The molecule has 0 saturated carbocycles. The van der Waals surface area contributed by atoms with Crippen molar-refractivity contribution >= 4 is 46.4 Å². The average molecular weight is 390 g/mol. The summed E-state index contributed by atoms with van der Waals surface area (Å²) in [6.45, 7) is 1.76. The summed E-state index contributed by atoms with van der Waals surface area (Å²) >= 11 is 24.3. The normalized spacial score (nSPS) is 21.9. The molecule has 3 rings (SSSR count). The Kier molecular flexibility index (Phi) is 5.74. The Balaban J connectivity index is 1.85. The van der Waals surface area contributed by atoms with Crippen LogP contribution in [0.25, 0.3) is 0 Å². The summed E-state index contributed by atoms with van der Waals surface area (Å²) < 4.78 is 0. The molecule has 0 aliphatic carbocycles. The Morgan fingerprint density at radius 2 is 1.30 bits per heavy atom. The fourth-order valence-electron chi connectivity index (χ4n) is 2.81. The number of nitrogens with one attached hydrogen (secondary N) is 2. The van der Waals surface area contributed by atoms with Crippen LogP contribution >= 0.6 is 46.4 Å².